The van der Waals surface area contributed by atoms with Crippen molar-refractivity contribution in [1.82, 2.24) is 4.98 Å². The fourth-order valence-corrected chi connectivity index (χ4v) is 1.21. The largest absolute Gasteiger partial charge is 0.365 e. The molecule has 0 amide bonds. The molecule has 0 fully saturated rings. The van der Waals surface area contributed by atoms with Crippen LogP contribution in [0.2, 0.25) is 0 Å². The summed E-state index contributed by atoms with van der Waals surface area (Å²) in [4.78, 5) is 6.13. The van der Waals surface area contributed by atoms with Gasteiger partial charge in [0.2, 0.25) is 0 Å². The third-order valence-corrected chi connectivity index (χ3v) is 2.16. The molecule has 0 atom stereocenters. The van der Waals surface area contributed by atoms with Crippen LogP contribution in [0.25, 0.3) is 0 Å². The third-order valence-electron chi connectivity index (χ3n) is 1.27. The minimum Gasteiger partial charge on any atom is -0.365 e. The number of thiazole rings is 1. The molecular weight excluding hydrogens is 132 g/mol. The number of anilines is 1. The Morgan fingerprint density at radius 2 is 2.56 bits per heavy atom. The standard InChI is InChI=1S/C6H10N2S/c1-3-8(2)6-4-7-5-9-6/h4-5H,3H2,1-2H3. The Labute approximate surface area is 59.1 Å². The molecule has 0 saturated carbocycles. The quantitative estimate of drug-likeness (QED) is 0.623. The zero-order valence-corrected chi connectivity index (χ0v) is 6.48. The summed E-state index contributed by atoms with van der Waals surface area (Å²) < 4.78 is 0. The first kappa shape index (κ1) is 6.55. The maximum absolute atomic E-state index is 3.97. The minimum atomic E-state index is 1.04. The normalized spacial score (nSPS) is 9.56. The Morgan fingerprint density at radius 1 is 1.78 bits per heavy atom. The Hall–Kier alpha value is -0.570. The summed E-state index contributed by atoms with van der Waals surface area (Å²) >= 11 is 1.67. The predicted molar refractivity (Wildman–Crippen MR) is 41.1 cm³/mol. The molecule has 0 aliphatic carbocycles. The Balaban J connectivity index is 2.65. The van der Waals surface area contributed by atoms with E-state index in [1.54, 1.807) is 11.3 Å². The van der Waals surface area contributed by atoms with Gasteiger partial charge in [0.25, 0.3) is 0 Å². The summed E-state index contributed by atoms with van der Waals surface area (Å²) in [7, 11) is 2.06. The number of nitrogens with zero attached hydrogens (tertiary/aromatic N) is 2. The van der Waals surface area contributed by atoms with E-state index < -0.39 is 0 Å². The fourth-order valence-electron chi connectivity index (χ4n) is 0.553. The van der Waals surface area contributed by atoms with Gasteiger partial charge in [0.1, 0.15) is 5.00 Å². The van der Waals surface area contributed by atoms with E-state index in [1.165, 1.54) is 5.00 Å². The van der Waals surface area contributed by atoms with Crippen LogP contribution in [0.4, 0.5) is 5.00 Å². The summed E-state index contributed by atoms with van der Waals surface area (Å²) in [6, 6.07) is 0. The monoisotopic (exact) mass is 142 g/mol. The molecule has 1 aromatic heterocycles. The summed E-state index contributed by atoms with van der Waals surface area (Å²) in [5.74, 6) is 0. The Kier molecular flexibility index (Phi) is 2.05. The molecule has 0 aromatic carbocycles. The van der Waals surface area contributed by atoms with Crippen LogP contribution in [-0.2, 0) is 0 Å². The Morgan fingerprint density at radius 3 is 3.00 bits per heavy atom. The van der Waals surface area contributed by atoms with Gasteiger partial charge in [0.05, 0.1) is 11.7 Å². The summed E-state index contributed by atoms with van der Waals surface area (Å²) in [5, 5.41) is 1.23. The molecule has 0 spiro atoms. The average molecular weight is 142 g/mol. The molecule has 2 nitrogen and oxygen atoms in total. The van der Waals surface area contributed by atoms with E-state index >= 15 is 0 Å². The lowest BCUT2D eigenvalue weighted by Crippen LogP contribution is -2.13. The first-order valence-electron chi connectivity index (χ1n) is 2.94. The van der Waals surface area contributed by atoms with Crippen LogP contribution in [0.15, 0.2) is 11.7 Å². The van der Waals surface area contributed by atoms with Gasteiger partial charge in [0, 0.05) is 13.6 Å². The molecule has 0 radical (unpaired) electrons. The molecule has 0 unspecified atom stereocenters. The van der Waals surface area contributed by atoms with Gasteiger partial charge in [-0.15, -0.1) is 11.3 Å². The summed E-state index contributed by atoms with van der Waals surface area (Å²) in [6.07, 6.45) is 1.88. The second kappa shape index (κ2) is 2.82. The van der Waals surface area contributed by atoms with Crippen LogP contribution in [-0.4, -0.2) is 18.6 Å². The number of rotatable bonds is 2. The van der Waals surface area contributed by atoms with E-state index in [4.69, 9.17) is 0 Å². The van der Waals surface area contributed by atoms with E-state index in [1.807, 2.05) is 11.7 Å². The van der Waals surface area contributed by atoms with E-state index in [-0.39, 0.29) is 0 Å². The van der Waals surface area contributed by atoms with E-state index in [2.05, 4.69) is 23.9 Å². The molecule has 0 saturated heterocycles. The highest BCUT2D eigenvalue weighted by Gasteiger charge is 1.96. The van der Waals surface area contributed by atoms with Crippen LogP contribution in [0, 0.1) is 0 Å². The number of hydrogen-bond donors (Lipinski definition) is 0. The van der Waals surface area contributed by atoms with E-state index in [0.717, 1.165) is 6.54 Å². The predicted octanol–water partition coefficient (Wildman–Crippen LogP) is 1.60. The van der Waals surface area contributed by atoms with Gasteiger partial charge in [0.15, 0.2) is 0 Å². The second-order valence-electron chi connectivity index (χ2n) is 1.85. The topological polar surface area (TPSA) is 16.1 Å². The summed E-state index contributed by atoms with van der Waals surface area (Å²) in [5.41, 5.74) is 1.85. The lowest BCUT2D eigenvalue weighted by atomic mass is 10.6. The average Bonchev–Trinajstić information content (AvgIpc) is 2.37. The molecule has 0 N–H and O–H groups in total. The van der Waals surface area contributed by atoms with Gasteiger partial charge < -0.3 is 4.90 Å². The van der Waals surface area contributed by atoms with Gasteiger partial charge in [-0.05, 0) is 6.92 Å². The van der Waals surface area contributed by atoms with Crippen molar-refractivity contribution in [1.29, 1.82) is 0 Å². The maximum Gasteiger partial charge on any atom is 0.111 e. The van der Waals surface area contributed by atoms with Crippen molar-refractivity contribution in [2.75, 3.05) is 18.5 Å². The SMILES string of the molecule is CCN(C)c1cncs1. The highest BCUT2D eigenvalue weighted by atomic mass is 32.1. The van der Waals surface area contributed by atoms with Crippen LogP contribution in [0.1, 0.15) is 6.92 Å². The lowest BCUT2D eigenvalue weighted by molar-refractivity contribution is 0.979. The first-order chi connectivity index (χ1) is 4.34. The van der Waals surface area contributed by atoms with Crippen LogP contribution >= 0.6 is 11.3 Å². The van der Waals surface area contributed by atoms with E-state index in [0.29, 0.717) is 0 Å². The van der Waals surface area contributed by atoms with Crippen LogP contribution in [0.5, 0.6) is 0 Å². The molecular formula is C6H10N2S. The number of aromatic nitrogens is 1. The second-order valence-corrected chi connectivity index (χ2v) is 2.72. The van der Waals surface area contributed by atoms with Crippen LogP contribution in [0.3, 0.4) is 0 Å². The molecule has 1 aromatic rings. The molecule has 50 valence electrons. The molecule has 1 heterocycles. The van der Waals surface area contributed by atoms with Crippen molar-refractivity contribution in [3.05, 3.63) is 11.7 Å². The van der Waals surface area contributed by atoms with Crippen molar-refractivity contribution in [2.24, 2.45) is 0 Å². The van der Waals surface area contributed by atoms with Crippen molar-refractivity contribution in [3.8, 4) is 0 Å². The minimum absolute atomic E-state index is 1.04. The van der Waals surface area contributed by atoms with Crippen molar-refractivity contribution in [2.45, 2.75) is 6.92 Å². The maximum atomic E-state index is 3.97. The third kappa shape index (κ3) is 1.42. The molecule has 9 heavy (non-hydrogen) atoms. The zero-order valence-electron chi connectivity index (χ0n) is 5.66. The Bertz CT molecular complexity index is 160. The van der Waals surface area contributed by atoms with Crippen molar-refractivity contribution >= 4 is 16.3 Å². The first-order valence-corrected chi connectivity index (χ1v) is 3.82. The van der Waals surface area contributed by atoms with Gasteiger partial charge in [-0.1, -0.05) is 0 Å². The van der Waals surface area contributed by atoms with Gasteiger partial charge in [-0.2, -0.15) is 0 Å². The van der Waals surface area contributed by atoms with Gasteiger partial charge >= 0.3 is 0 Å². The lowest BCUT2D eigenvalue weighted by Gasteiger charge is -2.11. The van der Waals surface area contributed by atoms with E-state index in [9.17, 15) is 0 Å². The van der Waals surface area contributed by atoms with Crippen molar-refractivity contribution < 1.29 is 0 Å². The zero-order chi connectivity index (χ0) is 6.69. The number of hydrogen-bond acceptors (Lipinski definition) is 3. The smallest absolute Gasteiger partial charge is 0.111 e. The van der Waals surface area contributed by atoms with Gasteiger partial charge in [-0.25, -0.2) is 0 Å². The highest BCUT2D eigenvalue weighted by Crippen LogP contribution is 2.16. The molecule has 3 heteroatoms. The fraction of sp³-hybridized carbons (Fsp3) is 0.500. The van der Waals surface area contributed by atoms with Crippen LogP contribution < -0.4 is 4.90 Å². The molecule has 0 aliphatic heterocycles. The molecule has 0 aliphatic rings. The highest BCUT2D eigenvalue weighted by molar-refractivity contribution is 7.13. The molecule has 0 bridgehead atoms. The summed E-state index contributed by atoms with van der Waals surface area (Å²) in [6.45, 7) is 3.17. The van der Waals surface area contributed by atoms with Gasteiger partial charge in [-0.3, -0.25) is 4.98 Å². The van der Waals surface area contributed by atoms with Crippen molar-refractivity contribution in [3.63, 3.8) is 0 Å². The molecule has 1 rings (SSSR count).